The molecule has 0 aliphatic heterocycles. The molecule has 0 bridgehead atoms. The summed E-state index contributed by atoms with van der Waals surface area (Å²) in [4.78, 5) is 0. The minimum Gasteiger partial charge on any atom is -0.507 e. The lowest BCUT2D eigenvalue weighted by atomic mass is 9.93. The molecule has 1 aromatic carbocycles. The zero-order valence-corrected chi connectivity index (χ0v) is 21.7. The van der Waals surface area contributed by atoms with Crippen LogP contribution in [0.2, 0.25) is 0 Å². The lowest BCUT2D eigenvalue weighted by molar-refractivity contribution is 0.104. The van der Waals surface area contributed by atoms with Gasteiger partial charge >= 0.3 is 0 Å². The van der Waals surface area contributed by atoms with Crippen LogP contribution in [-0.2, 0) is 0 Å². The molecule has 1 aromatic rings. The highest BCUT2D eigenvalue weighted by Crippen LogP contribution is 2.37. The van der Waals surface area contributed by atoms with Crippen molar-refractivity contribution in [2.75, 3.05) is 0 Å². The molecule has 0 radical (unpaired) electrons. The fraction of sp³-hybridized carbons (Fsp3) is 0.586. The first-order valence-electron chi connectivity index (χ1n) is 12.1. The highest BCUT2D eigenvalue weighted by Gasteiger charge is 2.18. The molecular formula is C29H46O3. The molecule has 0 fully saturated rings. The van der Waals surface area contributed by atoms with Gasteiger partial charge in [-0.25, -0.2) is 0 Å². The number of phenols is 2. The summed E-state index contributed by atoms with van der Waals surface area (Å²) in [5, 5.41) is 31.5. The van der Waals surface area contributed by atoms with E-state index in [0.717, 1.165) is 25.2 Å². The first-order chi connectivity index (χ1) is 14.9. The maximum Gasteiger partial charge on any atom is 0.126 e. The Balaban J connectivity index is 2.60. The molecule has 0 saturated carbocycles. The molecule has 3 nitrogen and oxygen atoms in total. The van der Waals surface area contributed by atoms with Gasteiger partial charge in [-0.05, 0) is 97.1 Å². The maximum atomic E-state index is 10.8. The van der Waals surface area contributed by atoms with E-state index in [2.05, 4.69) is 39.8 Å². The van der Waals surface area contributed by atoms with Crippen molar-refractivity contribution in [2.24, 2.45) is 5.92 Å². The Morgan fingerprint density at radius 3 is 2.06 bits per heavy atom. The Bertz CT molecular complexity index is 809. The van der Waals surface area contributed by atoms with Crippen LogP contribution >= 0.6 is 0 Å². The predicted octanol–water partition coefficient (Wildman–Crippen LogP) is 8.07. The van der Waals surface area contributed by atoms with E-state index in [4.69, 9.17) is 0 Å². The average Bonchev–Trinajstić information content (AvgIpc) is 2.70. The number of phenolic OH excluding ortho intramolecular Hbond substituents is 2. The minimum atomic E-state index is -0.989. The van der Waals surface area contributed by atoms with Gasteiger partial charge in [0.1, 0.15) is 11.5 Å². The highest BCUT2D eigenvalue weighted by atomic mass is 16.3. The van der Waals surface area contributed by atoms with Gasteiger partial charge < -0.3 is 15.3 Å². The van der Waals surface area contributed by atoms with Crippen LogP contribution in [0.25, 0.3) is 6.08 Å². The van der Waals surface area contributed by atoms with E-state index in [1.807, 2.05) is 0 Å². The number of allylic oxidation sites excluding steroid dienone is 4. The van der Waals surface area contributed by atoms with Gasteiger partial charge in [0.2, 0.25) is 0 Å². The van der Waals surface area contributed by atoms with Gasteiger partial charge in [-0.1, -0.05) is 55.7 Å². The van der Waals surface area contributed by atoms with Crippen LogP contribution in [0.4, 0.5) is 0 Å². The van der Waals surface area contributed by atoms with Crippen molar-refractivity contribution in [2.45, 2.75) is 106 Å². The van der Waals surface area contributed by atoms with Gasteiger partial charge in [0, 0.05) is 11.1 Å². The second-order valence-electron chi connectivity index (χ2n) is 10.1. The Hall–Kier alpha value is -2.00. The summed E-state index contributed by atoms with van der Waals surface area (Å²) in [6.07, 6.45) is 15.3. The quantitative estimate of drug-likeness (QED) is 0.226. The van der Waals surface area contributed by atoms with Crippen LogP contribution in [0.5, 0.6) is 11.5 Å². The minimum absolute atomic E-state index is 0.160. The van der Waals surface area contributed by atoms with Crippen molar-refractivity contribution in [1.29, 1.82) is 0 Å². The second-order valence-corrected chi connectivity index (χ2v) is 10.1. The van der Waals surface area contributed by atoms with E-state index in [0.29, 0.717) is 28.7 Å². The first-order valence-corrected chi connectivity index (χ1v) is 12.1. The topological polar surface area (TPSA) is 60.7 Å². The zero-order chi connectivity index (χ0) is 24.5. The molecule has 0 heterocycles. The Labute approximate surface area is 196 Å². The Morgan fingerprint density at radius 2 is 1.44 bits per heavy atom. The number of rotatable bonds is 12. The molecule has 1 rings (SSSR count). The fourth-order valence-corrected chi connectivity index (χ4v) is 3.84. The fourth-order valence-electron chi connectivity index (χ4n) is 3.84. The molecule has 3 heteroatoms. The van der Waals surface area contributed by atoms with Gasteiger partial charge in [-0.2, -0.15) is 0 Å². The maximum absolute atomic E-state index is 10.8. The standard InChI is InChI=1S/C29H46O3/c1-20(2)12-9-13-21(3)14-10-15-22(4)16-11-18-29(8,32)19-17-26-25(7)27(30)23(5)24(6)28(26)31/h14,16-17,19-20,30-32H,9-13,15,18H2,1-8H3/t29-/m0/s1. The van der Waals surface area contributed by atoms with Crippen LogP contribution in [0, 0.1) is 26.7 Å². The van der Waals surface area contributed by atoms with E-state index in [1.165, 1.54) is 30.4 Å². The van der Waals surface area contributed by atoms with E-state index >= 15 is 0 Å². The van der Waals surface area contributed by atoms with Gasteiger partial charge in [0.05, 0.1) is 5.60 Å². The predicted molar refractivity (Wildman–Crippen MR) is 138 cm³/mol. The smallest absolute Gasteiger partial charge is 0.126 e. The molecule has 1 atom stereocenters. The number of benzene rings is 1. The molecule has 0 aliphatic rings. The first kappa shape index (κ1) is 28.0. The van der Waals surface area contributed by atoms with Gasteiger partial charge in [-0.3, -0.25) is 0 Å². The van der Waals surface area contributed by atoms with Crippen molar-refractivity contribution in [3.05, 3.63) is 51.6 Å². The summed E-state index contributed by atoms with van der Waals surface area (Å²) in [6, 6.07) is 0. The van der Waals surface area contributed by atoms with Crippen LogP contribution < -0.4 is 0 Å². The zero-order valence-electron chi connectivity index (χ0n) is 21.7. The second kappa shape index (κ2) is 12.9. The summed E-state index contributed by atoms with van der Waals surface area (Å²) >= 11 is 0. The summed E-state index contributed by atoms with van der Waals surface area (Å²) in [5.41, 5.74) is 4.39. The molecule has 0 saturated heterocycles. The van der Waals surface area contributed by atoms with Gasteiger partial charge in [0.25, 0.3) is 0 Å². The van der Waals surface area contributed by atoms with Crippen LogP contribution in [0.1, 0.15) is 102 Å². The summed E-state index contributed by atoms with van der Waals surface area (Å²) < 4.78 is 0. The van der Waals surface area contributed by atoms with E-state index in [9.17, 15) is 15.3 Å². The van der Waals surface area contributed by atoms with E-state index in [-0.39, 0.29) is 11.5 Å². The normalized spacial score (nSPS) is 15.1. The van der Waals surface area contributed by atoms with Crippen LogP contribution in [0.15, 0.2) is 29.4 Å². The van der Waals surface area contributed by atoms with Crippen molar-refractivity contribution in [3.8, 4) is 11.5 Å². The lowest BCUT2D eigenvalue weighted by Crippen LogP contribution is -2.20. The van der Waals surface area contributed by atoms with E-state index < -0.39 is 5.60 Å². The number of aliphatic hydroxyl groups is 1. The van der Waals surface area contributed by atoms with E-state index in [1.54, 1.807) is 39.8 Å². The molecule has 3 N–H and O–H groups in total. The Kier molecular flexibility index (Phi) is 11.3. The molecule has 0 spiro atoms. The molecule has 0 unspecified atom stereocenters. The lowest BCUT2D eigenvalue weighted by Gasteiger charge is -2.19. The number of hydrogen-bond donors (Lipinski definition) is 3. The summed E-state index contributed by atoms with van der Waals surface area (Å²) in [5.74, 6) is 1.14. The molecule has 32 heavy (non-hydrogen) atoms. The number of hydrogen-bond acceptors (Lipinski definition) is 3. The highest BCUT2D eigenvalue weighted by molar-refractivity contribution is 5.69. The molecule has 0 aromatic heterocycles. The molecular weight excluding hydrogens is 396 g/mol. The SMILES string of the molecule is CC(=CCC[C@](C)(O)C=Cc1c(C)c(O)c(C)c(C)c1O)CCC=C(C)CCCC(C)C. The van der Waals surface area contributed by atoms with Gasteiger partial charge in [-0.15, -0.1) is 0 Å². The van der Waals surface area contributed by atoms with Crippen molar-refractivity contribution in [3.63, 3.8) is 0 Å². The Morgan fingerprint density at radius 1 is 0.875 bits per heavy atom. The van der Waals surface area contributed by atoms with Crippen molar-refractivity contribution >= 4 is 6.08 Å². The van der Waals surface area contributed by atoms with Crippen molar-refractivity contribution in [1.82, 2.24) is 0 Å². The molecule has 0 amide bonds. The molecule has 0 aliphatic carbocycles. The monoisotopic (exact) mass is 442 g/mol. The largest absolute Gasteiger partial charge is 0.507 e. The third kappa shape index (κ3) is 9.24. The van der Waals surface area contributed by atoms with Crippen LogP contribution in [0.3, 0.4) is 0 Å². The summed E-state index contributed by atoms with van der Waals surface area (Å²) in [7, 11) is 0. The summed E-state index contributed by atoms with van der Waals surface area (Å²) in [6.45, 7) is 16.1. The molecule has 180 valence electrons. The van der Waals surface area contributed by atoms with Crippen LogP contribution in [-0.4, -0.2) is 20.9 Å². The number of aromatic hydroxyl groups is 2. The van der Waals surface area contributed by atoms with Crippen molar-refractivity contribution < 1.29 is 15.3 Å². The average molecular weight is 443 g/mol. The third-order valence-corrected chi connectivity index (χ3v) is 6.42. The van der Waals surface area contributed by atoms with Gasteiger partial charge in [0.15, 0.2) is 0 Å². The third-order valence-electron chi connectivity index (χ3n) is 6.42.